The Morgan fingerprint density at radius 2 is 1.61 bits per heavy atom. The first-order valence-electron chi connectivity index (χ1n) is 9.62. The highest BCUT2D eigenvalue weighted by molar-refractivity contribution is 6.30. The van der Waals surface area contributed by atoms with E-state index in [0.717, 1.165) is 0 Å². The van der Waals surface area contributed by atoms with E-state index in [9.17, 15) is 14.4 Å². The lowest BCUT2D eigenvalue weighted by Crippen LogP contribution is -2.39. The second kappa shape index (κ2) is 11.2. The molecule has 31 heavy (non-hydrogen) atoms. The molecular weight excluding hydrogens is 422 g/mol. The van der Waals surface area contributed by atoms with Gasteiger partial charge in [-0.05, 0) is 56.7 Å². The average molecular weight is 448 g/mol. The molecule has 0 radical (unpaired) electrons. The van der Waals surface area contributed by atoms with E-state index >= 15 is 0 Å². The maximum atomic E-state index is 12.2. The first-order valence-corrected chi connectivity index (χ1v) is 10.00. The van der Waals surface area contributed by atoms with Crippen molar-refractivity contribution >= 4 is 35.2 Å². The quantitative estimate of drug-likeness (QED) is 0.574. The van der Waals surface area contributed by atoms with Crippen LogP contribution in [-0.4, -0.2) is 36.7 Å². The standard InChI is InChI=1S/C22H26ClN3O5/c1-22(2,3)31-21(29)25-13-19(27)24-12-15-6-4-5-7-18(15)26-20(28)14-30-17-10-8-16(23)9-11-17/h4-11H,12-14H2,1-3H3,(H,24,27)(H,25,29)(H,26,28). The Kier molecular flexibility index (Phi) is 8.69. The summed E-state index contributed by atoms with van der Waals surface area (Å²) < 4.78 is 10.5. The van der Waals surface area contributed by atoms with Gasteiger partial charge in [-0.25, -0.2) is 4.79 Å². The van der Waals surface area contributed by atoms with Crippen LogP contribution in [0.15, 0.2) is 48.5 Å². The van der Waals surface area contributed by atoms with Gasteiger partial charge in [0.05, 0.1) is 0 Å². The van der Waals surface area contributed by atoms with Crippen LogP contribution >= 0.6 is 11.6 Å². The van der Waals surface area contributed by atoms with E-state index < -0.39 is 17.6 Å². The van der Waals surface area contributed by atoms with Gasteiger partial charge in [-0.2, -0.15) is 0 Å². The zero-order valence-electron chi connectivity index (χ0n) is 17.7. The van der Waals surface area contributed by atoms with Gasteiger partial charge in [-0.15, -0.1) is 0 Å². The zero-order valence-corrected chi connectivity index (χ0v) is 18.4. The molecular formula is C22H26ClN3O5. The summed E-state index contributed by atoms with van der Waals surface area (Å²) in [6.07, 6.45) is -0.670. The molecule has 166 valence electrons. The van der Waals surface area contributed by atoms with Gasteiger partial charge in [0, 0.05) is 17.3 Å². The maximum absolute atomic E-state index is 12.2. The molecule has 3 amide bonds. The van der Waals surface area contributed by atoms with E-state index in [1.54, 1.807) is 69.3 Å². The summed E-state index contributed by atoms with van der Waals surface area (Å²) >= 11 is 5.82. The summed E-state index contributed by atoms with van der Waals surface area (Å²) in [6, 6.07) is 13.7. The van der Waals surface area contributed by atoms with Crippen molar-refractivity contribution in [3.05, 3.63) is 59.1 Å². The lowest BCUT2D eigenvalue weighted by Gasteiger charge is -2.19. The molecule has 9 heteroatoms. The lowest BCUT2D eigenvalue weighted by molar-refractivity contribution is -0.120. The number of nitrogens with one attached hydrogen (secondary N) is 3. The summed E-state index contributed by atoms with van der Waals surface area (Å²) in [4.78, 5) is 35.8. The molecule has 0 saturated carbocycles. The Labute approximate surface area is 186 Å². The van der Waals surface area contributed by atoms with Crippen molar-refractivity contribution in [2.24, 2.45) is 0 Å². The molecule has 0 atom stereocenters. The molecule has 3 N–H and O–H groups in total. The van der Waals surface area contributed by atoms with Gasteiger partial charge in [0.1, 0.15) is 17.9 Å². The first-order chi connectivity index (χ1) is 14.6. The number of carbonyl (C=O) groups is 3. The third kappa shape index (κ3) is 9.39. The number of hydrogen-bond acceptors (Lipinski definition) is 5. The Balaban J connectivity index is 1.81. The molecule has 0 heterocycles. The van der Waals surface area contributed by atoms with Crippen molar-refractivity contribution in [2.75, 3.05) is 18.5 Å². The number of rotatable bonds is 8. The number of halogens is 1. The highest BCUT2D eigenvalue weighted by atomic mass is 35.5. The largest absolute Gasteiger partial charge is 0.484 e. The normalized spacial score (nSPS) is 10.7. The van der Waals surface area contributed by atoms with Crippen LogP contribution in [0.5, 0.6) is 5.75 Å². The summed E-state index contributed by atoms with van der Waals surface area (Å²) in [7, 11) is 0. The van der Waals surface area contributed by atoms with Crippen molar-refractivity contribution in [3.8, 4) is 5.75 Å². The monoisotopic (exact) mass is 447 g/mol. The third-order valence-corrected chi connectivity index (χ3v) is 4.00. The van der Waals surface area contributed by atoms with Gasteiger partial charge in [-0.1, -0.05) is 29.8 Å². The van der Waals surface area contributed by atoms with Gasteiger partial charge in [-0.3, -0.25) is 9.59 Å². The first kappa shape index (κ1) is 24.0. The summed E-state index contributed by atoms with van der Waals surface area (Å²) in [5.41, 5.74) is 0.607. The van der Waals surface area contributed by atoms with Crippen LogP contribution in [0.2, 0.25) is 5.02 Å². The molecule has 0 aromatic heterocycles. The number of carbonyl (C=O) groups excluding carboxylic acids is 3. The van der Waals surface area contributed by atoms with Crippen LogP contribution in [0.25, 0.3) is 0 Å². The fraction of sp³-hybridized carbons (Fsp3) is 0.318. The van der Waals surface area contributed by atoms with Crippen LogP contribution in [0.1, 0.15) is 26.3 Å². The molecule has 0 unspecified atom stereocenters. The highest BCUT2D eigenvalue weighted by Crippen LogP contribution is 2.17. The Bertz CT molecular complexity index is 910. The van der Waals surface area contributed by atoms with Gasteiger partial charge in [0.2, 0.25) is 5.91 Å². The van der Waals surface area contributed by atoms with E-state index in [4.69, 9.17) is 21.1 Å². The van der Waals surface area contributed by atoms with Crippen LogP contribution in [-0.2, 0) is 20.9 Å². The number of anilines is 1. The summed E-state index contributed by atoms with van der Waals surface area (Å²) in [5, 5.41) is 8.42. The van der Waals surface area contributed by atoms with Gasteiger partial charge in [0.25, 0.3) is 5.91 Å². The minimum absolute atomic E-state index is 0.170. The van der Waals surface area contributed by atoms with Crippen molar-refractivity contribution < 1.29 is 23.9 Å². The predicted molar refractivity (Wildman–Crippen MR) is 118 cm³/mol. The van der Waals surface area contributed by atoms with Gasteiger partial charge < -0.3 is 25.4 Å². The number of alkyl carbamates (subject to hydrolysis) is 1. The number of amides is 3. The molecule has 0 spiro atoms. The molecule has 0 aliphatic rings. The number of hydrogen-bond donors (Lipinski definition) is 3. The maximum Gasteiger partial charge on any atom is 0.408 e. The lowest BCUT2D eigenvalue weighted by atomic mass is 10.1. The smallest absolute Gasteiger partial charge is 0.408 e. The number of para-hydroxylation sites is 1. The molecule has 0 aliphatic heterocycles. The fourth-order valence-electron chi connectivity index (χ4n) is 2.39. The summed E-state index contributed by atoms with van der Waals surface area (Å²) in [5.74, 6) is -0.212. The molecule has 2 aromatic rings. The van der Waals surface area contributed by atoms with Crippen molar-refractivity contribution in [1.82, 2.24) is 10.6 Å². The SMILES string of the molecule is CC(C)(C)OC(=O)NCC(=O)NCc1ccccc1NC(=O)COc1ccc(Cl)cc1. The number of ether oxygens (including phenoxy) is 2. The van der Waals surface area contributed by atoms with Crippen LogP contribution in [0.4, 0.5) is 10.5 Å². The van der Waals surface area contributed by atoms with E-state index in [-0.39, 0.29) is 25.6 Å². The predicted octanol–water partition coefficient (Wildman–Crippen LogP) is 3.50. The van der Waals surface area contributed by atoms with Crippen LogP contribution in [0.3, 0.4) is 0 Å². The molecule has 2 rings (SSSR count). The molecule has 0 saturated heterocycles. The van der Waals surface area contributed by atoms with Crippen molar-refractivity contribution in [1.29, 1.82) is 0 Å². The summed E-state index contributed by atoms with van der Waals surface area (Å²) in [6.45, 7) is 4.97. The number of benzene rings is 2. The average Bonchev–Trinajstić information content (AvgIpc) is 2.70. The van der Waals surface area contributed by atoms with E-state index in [1.807, 2.05) is 0 Å². The van der Waals surface area contributed by atoms with Gasteiger partial charge in [0.15, 0.2) is 6.61 Å². The van der Waals surface area contributed by atoms with Gasteiger partial charge >= 0.3 is 6.09 Å². The van der Waals surface area contributed by atoms with Crippen molar-refractivity contribution in [2.45, 2.75) is 32.9 Å². The van der Waals surface area contributed by atoms with E-state index in [2.05, 4.69) is 16.0 Å². The molecule has 2 aromatic carbocycles. The van der Waals surface area contributed by atoms with Crippen LogP contribution < -0.4 is 20.7 Å². The molecule has 0 fully saturated rings. The minimum Gasteiger partial charge on any atom is -0.484 e. The minimum atomic E-state index is -0.670. The highest BCUT2D eigenvalue weighted by Gasteiger charge is 2.16. The molecule has 0 aliphatic carbocycles. The van der Waals surface area contributed by atoms with E-state index in [0.29, 0.717) is 22.0 Å². The Hall–Kier alpha value is -3.26. The van der Waals surface area contributed by atoms with Crippen LogP contribution in [0, 0.1) is 0 Å². The molecule has 8 nitrogen and oxygen atoms in total. The topological polar surface area (TPSA) is 106 Å². The molecule has 0 bridgehead atoms. The Morgan fingerprint density at radius 3 is 2.29 bits per heavy atom. The van der Waals surface area contributed by atoms with E-state index in [1.165, 1.54) is 0 Å². The second-order valence-electron chi connectivity index (χ2n) is 7.58. The van der Waals surface area contributed by atoms with Crippen molar-refractivity contribution in [3.63, 3.8) is 0 Å². The zero-order chi connectivity index (χ0) is 22.9. The fourth-order valence-corrected chi connectivity index (χ4v) is 2.51. The Morgan fingerprint density at radius 1 is 0.935 bits per heavy atom. The third-order valence-electron chi connectivity index (χ3n) is 3.74. The second-order valence-corrected chi connectivity index (χ2v) is 8.02.